The molecule has 0 bridgehead atoms. The molecule has 92 valence electrons. The van der Waals surface area contributed by atoms with E-state index in [4.69, 9.17) is 0 Å². The third-order valence-corrected chi connectivity index (χ3v) is 3.90. The quantitative estimate of drug-likeness (QED) is 0.848. The van der Waals surface area contributed by atoms with Gasteiger partial charge in [0.2, 0.25) is 0 Å². The molecule has 0 aliphatic heterocycles. The van der Waals surface area contributed by atoms with Gasteiger partial charge in [-0.3, -0.25) is 4.79 Å². The Morgan fingerprint density at radius 2 is 1.78 bits per heavy atom. The summed E-state index contributed by atoms with van der Waals surface area (Å²) in [6, 6.07) is 15.1. The lowest BCUT2D eigenvalue weighted by Gasteiger charge is -2.07. The Hall–Kier alpha value is -1.26. The number of carbonyl (C=O) groups is 1. The number of rotatable bonds is 3. The summed E-state index contributed by atoms with van der Waals surface area (Å²) in [4.78, 5) is 13.2. The SMILES string of the molecule is CSc1ccc(NC(=O)c2ccccc2Br)cc1. The molecule has 1 amide bonds. The van der Waals surface area contributed by atoms with E-state index in [1.165, 1.54) is 4.90 Å². The van der Waals surface area contributed by atoms with Crippen LogP contribution in [0.2, 0.25) is 0 Å². The molecule has 0 radical (unpaired) electrons. The maximum absolute atomic E-state index is 12.0. The number of benzene rings is 2. The highest BCUT2D eigenvalue weighted by Crippen LogP contribution is 2.20. The van der Waals surface area contributed by atoms with Gasteiger partial charge in [0.25, 0.3) is 5.91 Å². The molecular formula is C14H12BrNOS. The summed E-state index contributed by atoms with van der Waals surface area (Å²) < 4.78 is 0.795. The minimum absolute atomic E-state index is 0.112. The van der Waals surface area contributed by atoms with Crippen molar-refractivity contribution >= 4 is 39.3 Å². The van der Waals surface area contributed by atoms with E-state index in [2.05, 4.69) is 21.2 Å². The molecule has 2 aromatic rings. The molecule has 0 fully saturated rings. The van der Waals surface area contributed by atoms with E-state index in [0.717, 1.165) is 10.2 Å². The Bertz CT molecular complexity index is 554. The highest BCUT2D eigenvalue weighted by Gasteiger charge is 2.08. The molecule has 0 aliphatic carbocycles. The van der Waals surface area contributed by atoms with Crippen molar-refractivity contribution in [3.63, 3.8) is 0 Å². The zero-order chi connectivity index (χ0) is 13.0. The van der Waals surface area contributed by atoms with E-state index < -0.39 is 0 Å². The molecule has 0 heterocycles. The number of halogens is 1. The van der Waals surface area contributed by atoms with Crippen LogP contribution in [0.4, 0.5) is 5.69 Å². The lowest BCUT2D eigenvalue weighted by atomic mass is 10.2. The van der Waals surface area contributed by atoms with Crippen molar-refractivity contribution in [3.8, 4) is 0 Å². The average molecular weight is 322 g/mol. The normalized spacial score (nSPS) is 10.1. The fourth-order valence-corrected chi connectivity index (χ4v) is 2.39. The van der Waals surface area contributed by atoms with Crippen LogP contribution in [-0.2, 0) is 0 Å². The highest BCUT2D eigenvalue weighted by molar-refractivity contribution is 9.10. The molecule has 2 rings (SSSR count). The third-order valence-electron chi connectivity index (χ3n) is 2.47. The number of carbonyl (C=O) groups excluding carboxylic acids is 1. The average Bonchev–Trinajstić information content (AvgIpc) is 2.40. The molecule has 0 saturated heterocycles. The number of anilines is 1. The fraction of sp³-hybridized carbons (Fsp3) is 0.0714. The Kier molecular flexibility index (Phi) is 4.44. The number of hydrogen-bond acceptors (Lipinski definition) is 2. The lowest BCUT2D eigenvalue weighted by Crippen LogP contribution is -2.12. The zero-order valence-corrected chi connectivity index (χ0v) is 12.2. The minimum Gasteiger partial charge on any atom is -0.322 e. The zero-order valence-electron chi connectivity index (χ0n) is 9.81. The molecule has 0 aliphatic rings. The van der Waals surface area contributed by atoms with Crippen LogP contribution in [0.15, 0.2) is 57.9 Å². The van der Waals surface area contributed by atoms with Gasteiger partial charge in [0, 0.05) is 15.1 Å². The summed E-state index contributed by atoms with van der Waals surface area (Å²) >= 11 is 5.04. The molecule has 2 nitrogen and oxygen atoms in total. The van der Waals surface area contributed by atoms with E-state index in [1.807, 2.05) is 48.7 Å². The van der Waals surface area contributed by atoms with Crippen LogP contribution in [0.3, 0.4) is 0 Å². The smallest absolute Gasteiger partial charge is 0.256 e. The molecule has 4 heteroatoms. The standard InChI is InChI=1S/C14H12BrNOS/c1-18-11-8-6-10(7-9-11)16-14(17)12-4-2-3-5-13(12)15/h2-9H,1H3,(H,16,17). The van der Waals surface area contributed by atoms with Crippen molar-refractivity contribution in [2.45, 2.75) is 4.90 Å². The van der Waals surface area contributed by atoms with Gasteiger partial charge in [0.05, 0.1) is 5.56 Å². The molecule has 0 spiro atoms. The van der Waals surface area contributed by atoms with Gasteiger partial charge in [0.1, 0.15) is 0 Å². The molecule has 0 atom stereocenters. The second-order valence-corrected chi connectivity index (χ2v) is 5.40. The summed E-state index contributed by atoms with van der Waals surface area (Å²) in [5.74, 6) is -0.112. The number of amides is 1. The van der Waals surface area contributed by atoms with Gasteiger partial charge in [-0.2, -0.15) is 0 Å². The first-order valence-corrected chi connectivity index (χ1v) is 7.42. The van der Waals surface area contributed by atoms with Crippen molar-refractivity contribution in [1.29, 1.82) is 0 Å². The van der Waals surface area contributed by atoms with E-state index in [-0.39, 0.29) is 5.91 Å². The molecule has 0 aromatic heterocycles. The van der Waals surface area contributed by atoms with E-state index in [1.54, 1.807) is 17.8 Å². The summed E-state index contributed by atoms with van der Waals surface area (Å²) in [7, 11) is 0. The monoisotopic (exact) mass is 321 g/mol. The molecule has 0 saturated carbocycles. The minimum atomic E-state index is -0.112. The topological polar surface area (TPSA) is 29.1 Å². The van der Waals surface area contributed by atoms with E-state index >= 15 is 0 Å². The maximum atomic E-state index is 12.0. The maximum Gasteiger partial charge on any atom is 0.256 e. The number of hydrogen-bond donors (Lipinski definition) is 1. The Labute approximate surface area is 119 Å². The van der Waals surface area contributed by atoms with E-state index in [0.29, 0.717) is 5.56 Å². The van der Waals surface area contributed by atoms with Crippen LogP contribution in [0.1, 0.15) is 10.4 Å². The Balaban J connectivity index is 2.14. The Morgan fingerprint density at radius 3 is 2.39 bits per heavy atom. The summed E-state index contributed by atoms with van der Waals surface area (Å²) in [5, 5.41) is 2.87. The van der Waals surface area contributed by atoms with Crippen molar-refractivity contribution < 1.29 is 4.79 Å². The summed E-state index contributed by atoms with van der Waals surface area (Å²) in [6.45, 7) is 0. The second kappa shape index (κ2) is 6.07. The van der Waals surface area contributed by atoms with Crippen LogP contribution in [0.25, 0.3) is 0 Å². The number of nitrogens with one attached hydrogen (secondary N) is 1. The molecule has 1 N–H and O–H groups in total. The van der Waals surface area contributed by atoms with Crippen LogP contribution in [0.5, 0.6) is 0 Å². The van der Waals surface area contributed by atoms with Crippen molar-refractivity contribution in [1.82, 2.24) is 0 Å². The van der Waals surface area contributed by atoms with Crippen molar-refractivity contribution in [2.75, 3.05) is 11.6 Å². The molecule has 2 aromatic carbocycles. The summed E-state index contributed by atoms with van der Waals surface area (Å²) in [5.41, 5.74) is 1.43. The highest BCUT2D eigenvalue weighted by atomic mass is 79.9. The van der Waals surface area contributed by atoms with Crippen LogP contribution < -0.4 is 5.32 Å². The van der Waals surface area contributed by atoms with Gasteiger partial charge in [-0.1, -0.05) is 12.1 Å². The second-order valence-electron chi connectivity index (χ2n) is 3.66. The third kappa shape index (κ3) is 3.15. The molecule has 18 heavy (non-hydrogen) atoms. The lowest BCUT2D eigenvalue weighted by molar-refractivity contribution is 0.102. The first-order chi connectivity index (χ1) is 8.70. The molecule has 0 unspecified atom stereocenters. The predicted octanol–water partition coefficient (Wildman–Crippen LogP) is 4.42. The van der Waals surface area contributed by atoms with Gasteiger partial charge in [-0.05, 0) is 58.6 Å². The van der Waals surface area contributed by atoms with Crippen LogP contribution >= 0.6 is 27.7 Å². The molecular weight excluding hydrogens is 310 g/mol. The number of thioether (sulfide) groups is 1. The van der Waals surface area contributed by atoms with Gasteiger partial charge < -0.3 is 5.32 Å². The fourth-order valence-electron chi connectivity index (χ4n) is 1.52. The predicted molar refractivity (Wildman–Crippen MR) is 80.3 cm³/mol. The van der Waals surface area contributed by atoms with Crippen molar-refractivity contribution in [3.05, 3.63) is 58.6 Å². The summed E-state index contributed by atoms with van der Waals surface area (Å²) in [6.07, 6.45) is 2.02. The first-order valence-electron chi connectivity index (χ1n) is 5.40. The van der Waals surface area contributed by atoms with Gasteiger partial charge in [0.15, 0.2) is 0 Å². The first kappa shape index (κ1) is 13.2. The largest absolute Gasteiger partial charge is 0.322 e. The van der Waals surface area contributed by atoms with Crippen molar-refractivity contribution in [2.24, 2.45) is 0 Å². The van der Waals surface area contributed by atoms with Gasteiger partial charge >= 0.3 is 0 Å². The van der Waals surface area contributed by atoms with Crippen LogP contribution in [0, 0.1) is 0 Å². The van der Waals surface area contributed by atoms with Crippen LogP contribution in [-0.4, -0.2) is 12.2 Å². The van der Waals surface area contributed by atoms with Gasteiger partial charge in [-0.15, -0.1) is 11.8 Å². The Morgan fingerprint density at radius 1 is 1.11 bits per heavy atom. The van der Waals surface area contributed by atoms with E-state index in [9.17, 15) is 4.79 Å². The van der Waals surface area contributed by atoms with Gasteiger partial charge in [-0.25, -0.2) is 0 Å².